The molecule has 0 spiro atoms. The molecule has 0 saturated carbocycles. The van der Waals surface area contributed by atoms with Crippen LogP contribution in [0.1, 0.15) is 17.7 Å². The first-order chi connectivity index (χ1) is 11.5. The first kappa shape index (κ1) is 18.3. The first-order valence-electron chi connectivity index (χ1n) is 7.22. The first-order valence-corrected chi connectivity index (χ1v) is 7.98. The number of rotatable bonds is 8. The number of nitrogens with one attached hydrogen (secondary N) is 4. The summed E-state index contributed by atoms with van der Waals surface area (Å²) >= 11 is 11.8. The number of aromatic nitrogens is 2. The Labute approximate surface area is 148 Å². The molecule has 0 amide bonds. The molecule has 7 nitrogen and oxygen atoms in total. The van der Waals surface area contributed by atoms with E-state index in [0.29, 0.717) is 29.6 Å². The maximum Gasteiger partial charge on any atom is 0.276 e. The Bertz CT molecular complexity index is 779. The van der Waals surface area contributed by atoms with Crippen molar-refractivity contribution >= 4 is 41.1 Å². The quantitative estimate of drug-likeness (QED) is 0.362. The van der Waals surface area contributed by atoms with E-state index >= 15 is 0 Å². The van der Waals surface area contributed by atoms with Crippen molar-refractivity contribution in [3.05, 3.63) is 49.9 Å². The van der Waals surface area contributed by atoms with Crippen molar-refractivity contribution in [3.63, 3.8) is 0 Å². The number of H-pyrrole nitrogens is 1. The van der Waals surface area contributed by atoms with Gasteiger partial charge in [0.25, 0.3) is 5.56 Å². The Morgan fingerprint density at radius 2 is 2.08 bits per heavy atom. The Morgan fingerprint density at radius 1 is 1.29 bits per heavy atom. The summed E-state index contributed by atoms with van der Waals surface area (Å²) < 4.78 is 0. The summed E-state index contributed by atoms with van der Waals surface area (Å²) in [4.78, 5) is 18.9. The van der Waals surface area contributed by atoms with Gasteiger partial charge in [-0.25, -0.2) is 4.98 Å². The molecule has 0 aliphatic rings. The standard InChI is InChI=1S/C15H17Cl2N5O2/c16-10-3-2-9(6-11(10)17)8-20-15-21-12(7-18)13(14(24)22-15)19-4-1-5-23/h2-3,6-7,18-19,23H,1,4-5,8H2,(H2,20,21,22,24). The van der Waals surface area contributed by atoms with Crippen LogP contribution in [0.15, 0.2) is 23.0 Å². The normalized spacial score (nSPS) is 10.5. The predicted octanol–water partition coefficient (Wildman–Crippen LogP) is 2.48. The number of aromatic amines is 1. The predicted molar refractivity (Wildman–Crippen MR) is 96.7 cm³/mol. The second kappa shape index (κ2) is 8.68. The molecule has 1 aromatic carbocycles. The molecule has 5 N–H and O–H groups in total. The van der Waals surface area contributed by atoms with E-state index in [1.165, 1.54) is 0 Å². The molecule has 0 atom stereocenters. The monoisotopic (exact) mass is 369 g/mol. The van der Waals surface area contributed by atoms with Gasteiger partial charge < -0.3 is 21.1 Å². The van der Waals surface area contributed by atoms with Crippen LogP contribution in [0, 0.1) is 5.41 Å². The van der Waals surface area contributed by atoms with Gasteiger partial charge in [0.05, 0.1) is 10.0 Å². The molecule has 1 heterocycles. The lowest BCUT2D eigenvalue weighted by Gasteiger charge is -2.11. The minimum Gasteiger partial charge on any atom is -0.396 e. The van der Waals surface area contributed by atoms with Crippen LogP contribution >= 0.6 is 23.2 Å². The molecule has 24 heavy (non-hydrogen) atoms. The van der Waals surface area contributed by atoms with Gasteiger partial charge in [-0.15, -0.1) is 0 Å². The maximum atomic E-state index is 12.1. The van der Waals surface area contributed by atoms with Crippen LogP contribution in [0.25, 0.3) is 0 Å². The average molecular weight is 370 g/mol. The number of halogens is 2. The lowest BCUT2D eigenvalue weighted by atomic mass is 10.2. The lowest BCUT2D eigenvalue weighted by Crippen LogP contribution is -2.21. The van der Waals surface area contributed by atoms with Gasteiger partial charge in [0, 0.05) is 25.9 Å². The van der Waals surface area contributed by atoms with Gasteiger partial charge in [-0.1, -0.05) is 29.3 Å². The highest BCUT2D eigenvalue weighted by Crippen LogP contribution is 2.22. The highest BCUT2D eigenvalue weighted by atomic mass is 35.5. The van der Waals surface area contributed by atoms with Crippen molar-refractivity contribution < 1.29 is 5.11 Å². The highest BCUT2D eigenvalue weighted by molar-refractivity contribution is 6.42. The zero-order chi connectivity index (χ0) is 17.5. The molecule has 128 valence electrons. The van der Waals surface area contributed by atoms with Crippen molar-refractivity contribution in [1.82, 2.24) is 9.97 Å². The molecule has 1 aromatic heterocycles. The van der Waals surface area contributed by atoms with Crippen LogP contribution in [-0.2, 0) is 6.54 Å². The topological polar surface area (TPSA) is 114 Å². The van der Waals surface area contributed by atoms with Gasteiger partial charge in [0.15, 0.2) is 0 Å². The van der Waals surface area contributed by atoms with Gasteiger partial charge >= 0.3 is 0 Å². The second-order valence-electron chi connectivity index (χ2n) is 4.93. The van der Waals surface area contributed by atoms with E-state index in [4.69, 9.17) is 33.7 Å². The van der Waals surface area contributed by atoms with Crippen LogP contribution in [0.4, 0.5) is 11.6 Å². The summed E-state index contributed by atoms with van der Waals surface area (Å²) in [6.07, 6.45) is 1.50. The third kappa shape index (κ3) is 4.70. The van der Waals surface area contributed by atoms with E-state index in [9.17, 15) is 4.79 Å². The number of benzene rings is 1. The van der Waals surface area contributed by atoms with Gasteiger partial charge in [-0.3, -0.25) is 9.78 Å². The Balaban J connectivity index is 2.13. The zero-order valence-electron chi connectivity index (χ0n) is 12.7. The molecule has 0 unspecified atom stereocenters. The molecule has 0 aliphatic heterocycles. The summed E-state index contributed by atoms with van der Waals surface area (Å²) in [5.74, 6) is 0.247. The Kier molecular flexibility index (Phi) is 6.60. The third-order valence-corrected chi connectivity index (χ3v) is 3.90. The lowest BCUT2D eigenvalue weighted by molar-refractivity contribution is 0.292. The van der Waals surface area contributed by atoms with Crippen molar-refractivity contribution in [2.45, 2.75) is 13.0 Å². The number of hydrogen-bond acceptors (Lipinski definition) is 6. The van der Waals surface area contributed by atoms with Gasteiger partial charge in [0.1, 0.15) is 11.4 Å². The summed E-state index contributed by atoms with van der Waals surface area (Å²) in [7, 11) is 0. The fourth-order valence-electron chi connectivity index (χ4n) is 1.98. The van der Waals surface area contributed by atoms with E-state index in [-0.39, 0.29) is 23.9 Å². The van der Waals surface area contributed by atoms with Crippen LogP contribution < -0.4 is 16.2 Å². The van der Waals surface area contributed by atoms with E-state index in [1.807, 2.05) is 6.07 Å². The molecule has 2 rings (SSSR count). The van der Waals surface area contributed by atoms with E-state index in [2.05, 4.69) is 20.6 Å². The van der Waals surface area contributed by atoms with Gasteiger partial charge in [-0.2, -0.15) is 0 Å². The van der Waals surface area contributed by atoms with Gasteiger partial charge in [0.2, 0.25) is 5.95 Å². The molecule has 0 radical (unpaired) electrons. The SMILES string of the molecule is N=Cc1nc(NCc2ccc(Cl)c(Cl)c2)[nH]c(=O)c1NCCCO. The van der Waals surface area contributed by atoms with Crippen LogP contribution in [0.2, 0.25) is 10.0 Å². The fraction of sp³-hybridized carbons (Fsp3) is 0.267. The van der Waals surface area contributed by atoms with Crippen molar-refractivity contribution in [2.75, 3.05) is 23.8 Å². The Hall–Kier alpha value is -2.09. The van der Waals surface area contributed by atoms with E-state index in [1.54, 1.807) is 12.1 Å². The molecule has 2 aromatic rings. The Morgan fingerprint density at radius 3 is 2.75 bits per heavy atom. The van der Waals surface area contributed by atoms with Crippen LogP contribution in [0.3, 0.4) is 0 Å². The highest BCUT2D eigenvalue weighted by Gasteiger charge is 2.09. The fourth-order valence-corrected chi connectivity index (χ4v) is 2.30. The summed E-state index contributed by atoms with van der Waals surface area (Å²) in [6, 6.07) is 5.22. The number of nitrogens with zero attached hydrogens (tertiary/aromatic N) is 1. The number of anilines is 2. The van der Waals surface area contributed by atoms with Crippen molar-refractivity contribution in [3.8, 4) is 0 Å². The molecule has 9 heteroatoms. The number of aliphatic hydroxyl groups excluding tert-OH is 1. The van der Waals surface area contributed by atoms with Crippen molar-refractivity contribution in [1.29, 1.82) is 5.41 Å². The minimum atomic E-state index is -0.391. The average Bonchev–Trinajstić information content (AvgIpc) is 2.57. The second-order valence-corrected chi connectivity index (χ2v) is 5.74. The maximum absolute atomic E-state index is 12.1. The summed E-state index contributed by atoms with van der Waals surface area (Å²) in [5, 5.41) is 23.0. The molecular formula is C15H17Cl2N5O2. The zero-order valence-corrected chi connectivity index (χ0v) is 14.2. The largest absolute Gasteiger partial charge is 0.396 e. The smallest absolute Gasteiger partial charge is 0.276 e. The summed E-state index contributed by atoms with van der Waals surface area (Å²) in [5.41, 5.74) is 0.901. The van der Waals surface area contributed by atoms with E-state index in [0.717, 1.165) is 11.8 Å². The van der Waals surface area contributed by atoms with Crippen molar-refractivity contribution in [2.24, 2.45) is 0 Å². The summed E-state index contributed by atoms with van der Waals surface area (Å²) in [6.45, 7) is 0.814. The molecular weight excluding hydrogens is 353 g/mol. The molecule has 0 aliphatic carbocycles. The van der Waals surface area contributed by atoms with Crippen LogP contribution in [0.5, 0.6) is 0 Å². The van der Waals surface area contributed by atoms with E-state index < -0.39 is 5.56 Å². The number of aliphatic hydroxyl groups is 1. The number of hydrogen-bond donors (Lipinski definition) is 5. The minimum absolute atomic E-state index is 0.0154. The van der Waals surface area contributed by atoms with Crippen LogP contribution in [-0.4, -0.2) is 34.4 Å². The molecule has 0 saturated heterocycles. The van der Waals surface area contributed by atoms with Gasteiger partial charge in [-0.05, 0) is 24.1 Å². The third-order valence-electron chi connectivity index (χ3n) is 3.16. The molecule has 0 fully saturated rings. The molecule has 0 bridgehead atoms.